The lowest BCUT2D eigenvalue weighted by atomic mass is 10.1. The summed E-state index contributed by atoms with van der Waals surface area (Å²) in [6.45, 7) is -0.124. The molecule has 0 unspecified atom stereocenters. The number of likely N-dealkylation sites (N-methyl/N-ethyl adjacent to an activating group) is 1. The van der Waals surface area contributed by atoms with Gasteiger partial charge in [0.2, 0.25) is 11.8 Å². The maximum absolute atomic E-state index is 12.1. The molecule has 0 bridgehead atoms. The van der Waals surface area contributed by atoms with Crippen LogP contribution in [0.3, 0.4) is 0 Å². The molecule has 0 aromatic heterocycles. The van der Waals surface area contributed by atoms with Gasteiger partial charge in [-0.05, 0) is 12.1 Å². The lowest BCUT2D eigenvalue weighted by Gasteiger charge is -2.31. The molecule has 6 nitrogen and oxygen atoms in total. The molecule has 6 heteroatoms. The maximum atomic E-state index is 12.1. The molecule has 1 aliphatic rings. The van der Waals surface area contributed by atoms with Gasteiger partial charge < -0.3 is 14.5 Å². The molecule has 1 saturated heterocycles. The highest BCUT2D eigenvalue weighted by Crippen LogP contribution is 2.14. The maximum Gasteiger partial charge on any atom is 0.243 e. The SMILES string of the molecule is COc1cccc(C(=O)CN2CC(=O)N(C)CC2=O)c1. The summed E-state index contributed by atoms with van der Waals surface area (Å²) < 4.78 is 5.05. The quantitative estimate of drug-likeness (QED) is 0.736. The predicted octanol–water partition coefficient (Wildman–Crippen LogP) is 0.178. The van der Waals surface area contributed by atoms with Gasteiger partial charge in [-0.15, -0.1) is 0 Å². The highest BCUT2D eigenvalue weighted by Gasteiger charge is 2.28. The molecule has 0 N–H and O–H groups in total. The lowest BCUT2D eigenvalue weighted by molar-refractivity contribution is -0.148. The Morgan fingerprint density at radius 1 is 1.25 bits per heavy atom. The van der Waals surface area contributed by atoms with E-state index in [0.29, 0.717) is 11.3 Å². The Bertz CT molecular complexity index is 556. The van der Waals surface area contributed by atoms with Crippen molar-refractivity contribution in [3.05, 3.63) is 29.8 Å². The molecule has 106 valence electrons. The highest BCUT2D eigenvalue weighted by atomic mass is 16.5. The fourth-order valence-corrected chi connectivity index (χ4v) is 1.97. The zero-order chi connectivity index (χ0) is 14.7. The number of carbonyl (C=O) groups is 3. The first-order valence-corrected chi connectivity index (χ1v) is 6.20. The number of benzene rings is 1. The van der Waals surface area contributed by atoms with E-state index >= 15 is 0 Å². The van der Waals surface area contributed by atoms with E-state index in [1.165, 1.54) is 16.9 Å². The first kappa shape index (κ1) is 14.0. The summed E-state index contributed by atoms with van der Waals surface area (Å²) in [5.41, 5.74) is 0.462. The standard InChI is InChI=1S/C14H16N2O4/c1-15-8-14(19)16(9-13(15)18)7-12(17)10-4-3-5-11(6-10)20-2/h3-6H,7-9H2,1-2H3. The van der Waals surface area contributed by atoms with E-state index in [-0.39, 0.29) is 37.2 Å². The van der Waals surface area contributed by atoms with Crippen LogP contribution in [0.4, 0.5) is 0 Å². The van der Waals surface area contributed by atoms with E-state index in [2.05, 4.69) is 0 Å². The molecular weight excluding hydrogens is 260 g/mol. The van der Waals surface area contributed by atoms with Gasteiger partial charge in [0.1, 0.15) is 12.3 Å². The fraction of sp³-hybridized carbons (Fsp3) is 0.357. The summed E-state index contributed by atoms with van der Waals surface area (Å²) in [5.74, 6) is -0.0161. The Morgan fingerprint density at radius 2 is 2.00 bits per heavy atom. The van der Waals surface area contributed by atoms with E-state index in [1.807, 2.05) is 0 Å². The van der Waals surface area contributed by atoms with Crippen LogP contribution in [0.2, 0.25) is 0 Å². The molecule has 1 aromatic carbocycles. The molecule has 1 aliphatic heterocycles. The Morgan fingerprint density at radius 3 is 2.70 bits per heavy atom. The molecule has 1 aromatic rings. The average molecular weight is 276 g/mol. The van der Waals surface area contributed by atoms with Crippen molar-refractivity contribution in [3.63, 3.8) is 0 Å². The minimum absolute atomic E-state index is 0.0181. The number of ether oxygens (including phenoxy) is 1. The van der Waals surface area contributed by atoms with Crippen molar-refractivity contribution in [2.24, 2.45) is 0 Å². The second kappa shape index (κ2) is 5.73. The summed E-state index contributed by atoms with van der Waals surface area (Å²) >= 11 is 0. The molecule has 0 atom stereocenters. The van der Waals surface area contributed by atoms with Crippen LogP contribution >= 0.6 is 0 Å². The Hall–Kier alpha value is -2.37. The van der Waals surface area contributed by atoms with Gasteiger partial charge in [-0.1, -0.05) is 12.1 Å². The van der Waals surface area contributed by atoms with Crippen LogP contribution < -0.4 is 4.74 Å². The van der Waals surface area contributed by atoms with Gasteiger partial charge in [0.15, 0.2) is 5.78 Å². The number of methoxy groups -OCH3 is 1. The van der Waals surface area contributed by atoms with Crippen molar-refractivity contribution in [1.82, 2.24) is 9.80 Å². The minimum atomic E-state index is -0.219. The third-order valence-corrected chi connectivity index (χ3v) is 3.20. The average Bonchev–Trinajstić information content (AvgIpc) is 2.44. The van der Waals surface area contributed by atoms with Crippen LogP contribution in [0, 0.1) is 0 Å². The largest absolute Gasteiger partial charge is 0.497 e. The zero-order valence-electron chi connectivity index (χ0n) is 11.5. The number of hydrogen-bond donors (Lipinski definition) is 0. The van der Waals surface area contributed by atoms with Crippen LogP contribution in [-0.4, -0.2) is 61.2 Å². The predicted molar refractivity (Wildman–Crippen MR) is 71.5 cm³/mol. The molecule has 2 amide bonds. The Labute approximate surface area is 116 Å². The number of ketones is 1. The van der Waals surface area contributed by atoms with Crippen molar-refractivity contribution in [1.29, 1.82) is 0 Å². The van der Waals surface area contributed by atoms with Gasteiger partial charge in [0, 0.05) is 12.6 Å². The van der Waals surface area contributed by atoms with Crippen LogP contribution in [0.1, 0.15) is 10.4 Å². The minimum Gasteiger partial charge on any atom is -0.497 e. The van der Waals surface area contributed by atoms with Crippen molar-refractivity contribution < 1.29 is 19.1 Å². The van der Waals surface area contributed by atoms with Crippen molar-refractivity contribution >= 4 is 17.6 Å². The molecular formula is C14H16N2O4. The second-order valence-electron chi connectivity index (χ2n) is 4.65. The normalized spacial score (nSPS) is 15.5. The summed E-state index contributed by atoms with van der Waals surface area (Å²) in [5, 5.41) is 0. The van der Waals surface area contributed by atoms with Crippen LogP contribution in [0.25, 0.3) is 0 Å². The van der Waals surface area contributed by atoms with Crippen molar-refractivity contribution in [2.75, 3.05) is 33.8 Å². The molecule has 2 rings (SSSR count). The van der Waals surface area contributed by atoms with Crippen molar-refractivity contribution in [3.8, 4) is 5.75 Å². The van der Waals surface area contributed by atoms with E-state index in [0.717, 1.165) is 0 Å². The summed E-state index contributed by atoms with van der Waals surface area (Å²) in [7, 11) is 3.09. The first-order chi connectivity index (χ1) is 9.51. The van der Waals surface area contributed by atoms with Crippen LogP contribution in [0.5, 0.6) is 5.75 Å². The number of hydrogen-bond acceptors (Lipinski definition) is 4. The van der Waals surface area contributed by atoms with Crippen LogP contribution in [-0.2, 0) is 9.59 Å². The van der Waals surface area contributed by atoms with Gasteiger partial charge >= 0.3 is 0 Å². The smallest absolute Gasteiger partial charge is 0.243 e. The Kier molecular flexibility index (Phi) is 4.02. The number of rotatable bonds is 4. The fourth-order valence-electron chi connectivity index (χ4n) is 1.97. The third-order valence-electron chi connectivity index (χ3n) is 3.20. The van der Waals surface area contributed by atoms with Gasteiger partial charge in [0.25, 0.3) is 0 Å². The molecule has 20 heavy (non-hydrogen) atoms. The Balaban J connectivity index is 2.07. The van der Waals surface area contributed by atoms with E-state index in [1.54, 1.807) is 31.3 Å². The van der Waals surface area contributed by atoms with Gasteiger partial charge in [-0.3, -0.25) is 14.4 Å². The topological polar surface area (TPSA) is 66.9 Å². The third kappa shape index (κ3) is 2.96. The highest BCUT2D eigenvalue weighted by molar-refractivity contribution is 6.01. The van der Waals surface area contributed by atoms with Gasteiger partial charge in [-0.2, -0.15) is 0 Å². The van der Waals surface area contributed by atoms with Crippen LogP contribution in [0.15, 0.2) is 24.3 Å². The summed E-state index contributed by atoms with van der Waals surface area (Å²) in [6, 6.07) is 6.72. The van der Waals surface area contributed by atoms with Gasteiger partial charge in [-0.25, -0.2) is 0 Å². The number of nitrogens with zero attached hydrogens (tertiary/aromatic N) is 2. The molecule has 1 fully saturated rings. The monoisotopic (exact) mass is 276 g/mol. The number of amides is 2. The summed E-state index contributed by atoms with van der Waals surface area (Å²) in [6.07, 6.45) is 0. The van der Waals surface area contributed by atoms with E-state index in [9.17, 15) is 14.4 Å². The molecule has 0 saturated carbocycles. The number of Topliss-reactive ketones (excluding diaryl/α,β-unsaturated/α-hetero) is 1. The molecule has 0 aliphatic carbocycles. The first-order valence-electron chi connectivity index (χ1n) is 6.20. The van der Waals surface area contributed by atoms with E-state index in [4.69, 9.17) is 4.74 Å². The lowest BCUT2D eigenvalue weighted by Crippen LogP contribution is -2.53. The molecule has 1 heterocycles. The van der Waals surface area contributed by atoms with Crippen molar-refractivity contribution in [2.45, 2.75) is 0 Å². The second-order valence-corrected chi connectivity index (χ2v) is 4.65. The van der Waals surface area contributed by atoms with E-state index < -0.39 is 0 Å². The summed E-state index contributed by atoms with van der Waals surface area (Å²) in [4.78, 5) is 38.1. The molecule has 0 radical (unpaired) electrons. The van der Waals surface area contributed by atoms with Gasteiger partial charge in [0.05, 0.1) is 20.2 Å². The number of carbonyl (C=O) groups excluding carboxylic acids is 3. The zero-order valence-corrected chi connectivity index (χ0v) is 11.5. The molecule has 0 spiro atoms. The number of piperazine rings is 1.